The summed E-state index contributed by atoms with van der Waals surface area (Å²) in [5.74, 6) is -0.712. The molecule has 3 nitrogen and oxygen atoms in total. The highest BCUT2D eigenvalue weighted by atomic mass is 19.4. The summed E-state index contributed by atoms with van der Waals surface area (Å²) in [6.45, 7) is 0. The summed E-state index contributed by atoms with van der Waals surface area (Å²) < 4.78 is 44.9. The van der Waals surface area contributed by atoms with E-state index in [1.165, 1.54) is 19.2 Å². The van der Waals surface area contributed by atoms with Crippen LogP contribution in [0, 0.1) is 5.92 Å². The Labute approximate surface area is 108 Å². The Morgan fingerprint density at radius 2 is 2.05 bits per heavy atom. The van der Waals surface area contributed by atoms with Crippen molar-refractivity contribution in [3.05, 3.63) is 29.3 Å². The standard InChI is InChI=1S/C13H13F3O3/c1-18-12(17)10-3-2-9-7-11(19-13(14,15)16)5-4-8(9)6-10/h4-5,7,10H,2-3,6H2,1H3. The maximum Gasteiger partial charge on any atom is 0.573 e. The first kappa shape index (κ1) is 13.7. The number of ether oxygens (including phenoxy) is 2. The number of hydrogen-bond donors (Lipinski definition) is 0. The van der Waals surface area contributed by atoms with Crippen molar-refractivity contribution in [2.45, 2.75) is 25.6 Å². The Hall–Kier alpha value is -1.72. The van der Waals surface area contributed by atoms with Crippen LogP contribution in [0.25, 0.3) is 0 Å². The second-order valence-electron chi connectivity index (χ2n) is 4.44. The number of hydrogen-bond acceptors (Lipinski definition) is 3. The van der Waals surface area contributed by atoms with Gasteiger partial charge in [-0.05, 0) is 42.5 Å². The van der Waals surface area contributed by atoms with Crippen molar-refractivity contribution in [1.82, 2.24) is 0 Å². The van der Waals surface area contributed by atoms with E-state index in [0.717, 1.165) is 11.1 Å². The van der Waals surface area contributed by atoms with Gasteiger partial charge in [0.05, 0.1) is 13.0 Å². The van der Waals surface area contributed by atoms with Gasteiger partial charge in [-0.25, -0.2) is 0 Å². The highest BCUT2D eigenvalue weighted by Crippen LogP contribution is 2.31. The zero-order chi connectivity index (χ0) is 14.0. The van der Waals surface area contributed by atoms with Crippen LogP contribution in [0.4, 0.5) is 13.2 Å². The molecule has 0 saturated heterocycles. The molecule has 1 aliphatic carbocycles. The van der Waals surface area contributed by atoms with Gasteiger partial charge in [0.25, 0.3) is 0 Å². The molecule has 0 N–H and O–H groups in total. The molecule has 1 aliphatic rings. The average molecular weight is 274 g/mol. The Balaban J connectivity index is 2.14. The Morgan fingerprint density at radius 3 is 2.68 bits per heavy atom. The first-order chi connectivity index (χ1) is 8.89. The molecule has 0 aliphatic heterocycles. The van der Waals surface area contributed by atoms with Gasteiger partial charge in [-0.2, -0.15) is 0 Å². The van der Waals surface area contributed by atoms with Gasteiger partial charge in [-0.1, -0.05) is 6.07 Å². The van der Waals surface area contributed by atoms with Crippen LogP contribution in [-0.4, -0.2) is 19.4 Å². The fourth-order valence-corrected chi connectivity index (χ4v) is 2.30. The number of esters is 1. The van der Waals surface area contributed by atoms with Gasteiger partial charge in [0, 0.05) is 0 Å². The zero-order valence-corrected chi connectivity index (χ0v) is 10.3. The van der Waals surface area contributed by atoms with Gasteiger partial charge < -0.3 is 9.47 Å². The molecule has 0 bridgehead atoms. The third-order valence-electron chi connectivity index (χ3n) is 3.17. The van der Waals surface area contributed by atoms with Crippen molar-refractivity contribution in [2.24, 2.45) is 5.92 Å². The first-order valence-electron chi connectivity index (χ1n) is 5.84. The first-order valence-corrected chi connectivity index (χ1v) is 5.84. The minimum Gasteiger partial charge on any atom is -0.469 e. The molecule has 1 aromatic carbocycles. The molecule has 1 unspecified atom stereocenters. The lowest BCUT2D eigenvalue weighted by molar-refractivity contribution is -0.274. The van der Waals surface area contributed by atoms with Crippen molar-refractivity contribution in [3.8, 4) is 5.75 Å². The molecule has 2 rings (SSSR count). The highest BCUT2D eigenvalue weighted by Gasteiger charge is 2.32. The highest BCUT2D eigenvalue weighted by molar-refractivity contribution is 5.73. The van der Waals surface area contributed by atoms with Gasteiger partial charge in [-0.3, -0.25) is 4.79 Å². The van der Waals surface area contributed by atoms with E-state index < -0.39 is 6.36 Å². The number of halogens is 3. The summed E-state index contributed by atoms with van der Waals surface area (Å²) in [6, 6.07) is 4.23. The number of aryl methyl sites for hydroxylation is 1. The zero-order valence-electron chi connectivity index (χ0n) is 10.3. The summed E-state index contributed by atoms with van der Waals surface area (Å²) in [6.07, 6.45) is -3.06. The molecular weight excluding hydrogens is 261 g/mol. The molecule has 0 heterocycles. The lowest BCUT2D eigenvalue weighted by Gasteiger charge is -2.23. The number of carbonyl (C=O) groups excluding carboxylic acids is 1. The molecule has 0 saturated carbocycles. The van der Waals surface area contributed by atoms with Crippen LogP contribution in [0.3, 0.4) is 0 Å². The number of alkyl halides is 3. The smallest absolute Gasteiger partial charge is 0.469 e. The van der Waals surface area contributed by atoms with E-state index in [1.807, 2.05) is 0 Å². The van der Waals surface area contributed by atoms with Crippen LogP contribution in [-0.2, 0) is 22.4 Å². The van der Waals surface area contributed by atoms with Crippen LogP contribution < -0.4 is 4.74 Å². The summed E-state index contributed by atoms with van der Waals surface area (Å²) in [4.78, 5) is 11.4. The maximum atomic E-state index is 12.1. The van der Waals surface area contributed by atoms with Gasteiger partial charge in [0.2, 0.25) is 0 Å². The molecule has 1 aromatic rings. The minimum absolute atomic E-state index is 0.216. The third kappa shape index (κ3) is 3.39. The van der Waals surface area contributed by atoms with Crippen LogP contribution in [0.15, 0.2) is 18.2 Å². The summed E-state index contributed by atoms with van der Waals surface area (Å²) in [7, 11) is 1.33. The van der Waals surface area contributed by atoms with Crippen molar-refractivity contribution in [3.63, 3.8) is 0 Å². The largest absolute Gasteiger partial charge is 0.573 e. The number of rotatable bonds is 2. The van der Waals surface area contributed by atoms with Crippen LogP contribution in [0.2, 0.25) is 0 Å². The number of carbonyl (C=O) groups is 1. The molecule has 0 amide bonds. The normalized spacial score (nSPS) is 18.6. The lowest BCUT2D eigenvalue weighted by atomic mass is 9.84. The van der Waals surface area contributed by atoms with E-state index in [0.29, 0.717) is 19.3 Å². The maximum absolute atomic E-state index is 12.1. The molecule has 104 valence electrons. The van der Waals surface area contributed by atoms with Crippen LogP contribution in [0.1, 0.15) is 17.5 Å². The van der Waals surface area contributed by atoms with E-state index in [-0.39, 0.29) is 17.6 Å². The van der Waals surface area contributed by atoms with E-state index in [4.69, 9.17) is 0 Å². The van der Waals surface area contributed by atoms with E-state index in [9.17, 15) is 18.0 Å². The average Bonchev–Trinajstić information content (AvgIpc) is 2.35. The molecule has 6 heteroatoms. The van der Waals surface area contributed by atoms with Crippen molar-refractivity contribution in [2.75, 3.05) is 7.11 Å². The molecule has 19 heavy (non-hydrogen) atoms. The fourth-order valence-electron chi connectivity index (χ4n) is 2.30. The Kier molecular flexibility index (Phi) is 3.68. The third-order valence-corrected chi connectivity index (χ3v) is 3.17. The van der Waals surface area contributed by atoms with Gasteiger partial charge >= 0.3 is 12.3 Å². The summed E-state index contributed by atoms with van der Waals surface area (Å²) in [5, 5.41) is 0. The van der Waals surface area contributed by atoms with Crippen LogP contribution in [0.5, 0.6) is 5.75 Å². The second-order valence-corrected chi connectivity index (χ2v) is 4.44. The van der Waals surface area contributed by atoms with E-state index in [2.05, 4.69) is 9.47 Å². The SMILES string of the molecule is COC(=O)C1CCc2cc(OC(F)(F)F)ccc2C1. The quantitative estimate of drug-likeness (QED) is 0.778. The Morgan fingerprint density at radius 1 is 1.32 bits per heavy atom. The molecule has 0 radical (unpaired) electrons. The van der Waals surface area contributed by atoms with Crippen LogP contribution >= 0.6 is 0 Å². The number of benzene rings is 1. The number of fused-ring (bicyclic) bond motifs is 1. The minimum atomic E-state index is -4.68. The summed E-state index contributed by atoms with van der Waals surface area (Å²) in [5.41, 5.74) is 1.66. The predicted molar refractivity (Wildman–Crippen MR) is 60.7 cm³/mol. The Bertz CT molecular complexity index is 483. The second kappa shape index (κ2) is 5.11. The molecule has 0 fully saturated rings. The van der Waals surface area contributed by atoms with E-state index in [1.54, 1.807) is 6.07 Å². The lowest BCUT2D eigenvalue weighted by Crippen LogP contribution is -2.24. The molecule has 0 spiro atoms. The predicted octanol–water partition coefficient (Wildman–Crippen LogP) is 2.86. The fraction of sp³-hybridized carbons (Fsp3) is 0.462. The summed E-state index contributed by atoms with van der Waals surface area (Å²) >= 11 is 0. The van der Waals surface area contributed by atoms with Crippen molar-refractivity contribution in [1.29, 1.82) is 0 Å². The van der Waals surface area contributed by atoms with Crippen molar-refractivity contribution >= 4 is 5.97 Å². The monoisotopic (exact) mass is 274 g/mol. The van der Waals surface area contributed by atoms with Crippen molar-refractivity contribution < 1.29 is 27.4 Å². The van der Waals surface area contributed by atoms with E-state index >= 15 is 0 Å². The van der Waals surface area contributed by atoms with Gasteiger partial charge in [0.15, 0.2) is 0 Å². The molecule has 1 atom stereocenters. The molecule has 0 aromatic heterocycles. The topological polar surface area (TPSA) is 35.5 Å². The van der Waals surface area contributed by atoms with Gasteiger partial charge in [-0.15, -0.1) is 13.2 Å². The number of methoxy groups -OCH3 is 1. The molecular formula is C13H13F3O3. The van der Waals surface area contributed by atoms with Gasteiger partial charge in [0.1, 0.15) is 5.75 Å².